The van der Waals surface area contributed by atoms with Crippen molar-refractivity contribution < 1.29 is 0 Å². The van der Waals surface area contributed by atoms with E-state index >= 15 is 0 Å². The largest absolute Gasteiger partial charge is 0.356 e. The van der Waals surface area contributed by atoms with Crippen molar-refractivity contribution in [3.63, 3.8) is 0 Å². The van der Waals surface area contributed by atoms with Crippen molar-refractivity contribution in [2.24, 2.45) is 0 Å². The fourth-order valence-electron chi connectivity index (χ4n) is 1.96. The van der Waals surface area contributed by atoms with Crippen LogP contribution in [0.3, 0.4) is 0 Å². The molecule has 0 spiro atoms. The molecule has 2 N–H and O–H groups in total. The molecule has 3 nitrogen and oxygen atoms in total. The van der Waals surface area contributed by atoms with Gasteiger partial charge >= 0.3 is 0 Å². The van der Waals surface area contributed by atoms with Crippen LogP contribution < -0.4 is 10.6 Å². The van der Waals surface area contributed by atoms with E-state index in [9.17, 15) is 0 Å². The summed E-state index contributed by atoms with van der Waals surface area (Å²) in [5, 5.41) is 9.82. The second-order valence-electron chi connectivity index (χ2n) is 4.18. The van der Waals surface area contributed by atoms with Crippen LogP contribution in [0.2, 0.25) is 0 Å². The summed E-state index contributed by atoms with van der Waals surface area (Å²) >= 11 is 6.81. The van der Waals surface area contributed by atoms with E-state index in [1.54, 1.807) is 17.5 Å². The predicted molar refractivity (Wildman–Crippen MR) is 77.5 cm³/mol. The molecule has 0 saturated heterocycles. The molecular formula is C12H17N3S2. The van der Waals surface area contributed by atoms with Gasteiger partial charge in [0, 0.05) is 17.6 Å². The van der Waals surface area contributed by atoms with Gasteiger partial charge in [-0.05, 0) is 44.8 Å². The summed E-state index contributed by atoms with van der Waals surface area (Å²) in [7, 11) is 0. The monoisotopic (exact) mass is 267 g/mol. The molecule has 0 radical (unpaired) electrons. The Morgan fingerprint density at radius 1 is 1.53 bits per heavy atom. The number of aromatic nitrogens is 1. The second-order valence-corrected chi connectivity index (χ2v) is 5.49. The van der Waals surface area contributed by atoms with Crippen molar-refractivity contribution in [1.82, 2.24) is 10.3 Å². The molecule has 0 aromatic carbocycles. The van der Waals surface area contributed by atoms with Crippen LogP contribution in [0.4, 0.5) is 5.13 Å². The van der Waals surface area contributed by atoms with Crippen LogP contribution in [0.1, 0.15) is 32.6 Å². The van der Waals surface area contributed by atoms with Crippen molar-refractivity contribution in [3.8, 4) is 0 Å². The number of hydrogen-bond donors (Lipinski definition) is 2. The summed E-state index contributed by atoms with van der Waals surface area (Å²) in [6.45, 7) is 2.16. The highest BCUT2D eigenvalue weighted by atomic mass is 32.1. The molecule has 1 heterocycles. The van der Waals surface area contributed by atoms with Crippen molar-refractivity contribution in [1.29, 1.82) is 0 Å². The molecule has 92 valence electrons. The third-order valence-electron chi connectivity index (χ3n) is 2.88. The van der Waals surface area contributed by atoms with E-state index in [4.69, 9.17) is 12.2 Å². The van der Waals surface area contributed by atoms with Gasteiger partial charge in [0.1, 0.15) is 0 Å². The van der Waals surface area contributed by atoms with Crippen LogP contribution in [0.5, 0.6) is 0 Å². The zero-order valence-electron chi connectivity index (χ0n) is 9.90. The molecule has 1 aromatic heterocycles. The molecule has 1 aromatic rings. The number of thiocarbonyl (C=S) groups is 1. The molecular weight excluding hydrogens is 250 g/mol. The maximum atomic E-state index is 5.26. The van der Waals surface area contributed by atoms with Gasteiger partial charge in [-0.1, -0.05) is 11.6 Å². The normalized spacial score (nSPS) is 17.1. The number of anilines is 1. The number of nitrogens with one attached hydrogen (secondary N) is 2. The lowest BCUT2D eigenvalue weighted by Gasteiger charge is -2.22. The van der Waals surface area contributed by atoms with Crippen LogP contribution in [0.25, 0.3) is 0 Å². The van der Waals surface area contributed by atoms with E-state index in [1.165, 1.54) is 31.3 Å². The minimum atomic E-state index is 0.315. The Morgan fingerprint density at radius 2 is 2.41 bits per heavy atom. The van der Waals surface area contributed by atoms with Crippen molar-refractivity contribution >= 4 is 33.8 Å². The van der Waals surface area contributed by atoms with E-state index in [-0.39, 0.29) is 0 Å². The molecule has 0 aliphatic heterocycles. The first-order valence-electron chi connectivity index (χ1n) is 5.91. The highest BCUT2D eigenvalue weighted by Crippen LogP contribution is 2.20. The maximum absolute atomic E-state index is 5.26. The van der Waals surface area contributed by atoms with Crippen molar-refractivity contribution in [2.45, 2.75) is 38.6 Å². The fourth-order valence-corrected chi connectivity index (χ4v) is 2.84. The van der Waals surface area contributed by atoms with E-state index in [1.807, 2.05) is 5.38 Å². The molecule has 0 fully saturated rings. The minimum Gasteiger partial charge on any atom is -0.356 e. The Kier molecular flexibility index (Phi) is 4.50. The molecule has 0 bridgehead atoms. The van der Waals surface area contributed by atoms with Gasteiger partial charge in [0.05, 0.1) is 0 Å². The first-order chi connectivity index (χ1) is 8.25. The van der Waals surface area contributed by atoms with Gasteiger partial charge in [0.15, 0.2) is 10.2 Å². The van der Waals surface area contributed by atoms with Crippen molar-refractivity contribution in [2.75, 3.05) is 5.32 Å². The Balaban J connectivity index is 1.83. The summed E-state index contributed by atoms with van der Waals surface area (Å²) < 4.78 is 0. The molecule has 1 aliphatic carbocycles. The summed E-state index contributed by atoms with van der Waals surface area (Å²) in [6, 6.07) is 0.315. The van der Waals surface area contributed by atoms with Crippen molar-refractivity contribution in [3.05, 3.63) is 23.2 Å². The topological polar surface area (TPSA) is 37.0 Å². The molecule has 1 aliphatic rings. The Hall–Kier alpha value is -0.940. The maximum Gasteiger partial charge on any atom is 0.188 e. The van der Waals surface area contributed by atoms with Gasteiger partial charge in [-0.2, -0.15) is 0 Å². The van der Waals surface area contributed by atoms with Gasteiger partial charge in [-0.3, -0.25) is 0 Å². The zero-order valence-corrected chi connectivity index (χ0v) is 11.5. The summed E-state index contributed by atoms with van der Waals surface area (Å²) in [5.74, 6) is 0. The predicted octanol–water partition coefficient (Wildman–Crippen LogP) is 3.32. The van der Waals surface area contributed by atoms with Gasteiger partial charge < -0.3 is 10.6 Å². The molecule has 5 heteroatoms. The van der Waals surface area contributed by atoms with Crippen LogP contribution >= 0.6 is 23.6 Å². The third-order valence-corrected chi connectivity index (χ3v) is 3.79. The van der Waals surface area contributed by atoms with E-state index in [0.29, 0.717) is 11.2 Å². The fraction of sp³-hybridized carbons (Fsp3) is 0.500. The van der Waals surface area contributed by atoms with E-state index < -0.39 is 0 Å². The highest BCUT2D eigenvalue weighted by Gasteiger charge is 2.12. The lowest BCUT2D eigenvalue weighted by molar-refractivity contribution is 0.630. The SMILES string of the molecule is CC(NC(=S)Nc1nccs1)C1=CCCCC1. The van der Waals surface area contributed by atoms with E-state index in [0.717, 1.165) is 5.13 Å². The number of allylic oxidation sites excluding steroid dienone is 1. The van der Waals surface area contributed by atoms with Gasteiger partial charge in [0.25, 0.3) is 0 Å². The highest BCUT2D eigenvalue weighted by molar-refractivity contribution is 7.80. The Labute approximate surface area is 111 Å². The lowest BCUT2D eigenvalue weighted by atomic mass is 9.95. The Morgan fingerprint density at radius 3 is 3.06 bits per heavy atom. The molecule has 0 saturated carbocycles. The summed E-state index contributed by atoms with van der Waals surface area (Å²) in [5.41, 5.74) is 1.47. The van der Waals surface area contributed by atoms with Gasteiger partial charge in [0.2, 0.25) is 0 Å². The summed E-state index contributed by atoms with van der Waals surface area (Å²) in [6.07, 6.45) is 9.11. The first-order valence-corrected chi connectivity index (χ1v) is 7.20. The Bertz CT molecular complexity index is 398. The molecule has 2 rings (SSSR count). The van der Waals surface area contributed by atoms with Gasteiger partial charge in [-0.25, -0.2) is 4.98 Å². The van der Waals surface area contributed by atoms with Crippen LogP contribution in [0.15, 0.2) is 23.2 Å². The number of thiazole rings is 1. The average molecular weight is 267 g/mol. The van der Waals surface area contributed by atoms with Crippen LogP contribution in [-0.2, 0) is 0 Å². The second kappa shape index (κ2) is 6.12. The molecule has 17 heavy (non-hydrogen) atoms. The number of rotatable bonds is 3. The molecule has 0 amide bonds. The summed E-state index contributed by atoms with van der Waals surface area (Å²) in [4.78, 5) is 4.14. The number of hydrogen-bond acceptors (Lipinski definition) is 3. The third kappa shape index (κ3) is 3.78. The molecule has 1 unspecified atom stereocenters. The number of nitrogens with zero attached hydrogens (tertiary/aromatic N) is 1. The smallest absolute Gasteiger partial charge is 0.188 e. The molecule has 1 atom stereocenters. The quantitative estimate of drug-likeness (QED) is 0.651. The first kappa shape index (κ1) is 12.5. The average Bonchev–Trinajstić information content (AvgIpc) is 2.82. The standard InChI is InChI=1S/C12H17N3S2/c1-9(10-5-3-2-4-6-10)14-11(16)15-12-13-7-8-17-12/h5,7-9H,2-4,6H2,1H3,(H2,13,14,15,16). The van der Waals surface area contributed by atoms with Gasteiger partial charge in [-0.15, -0.1) is 11.3 Å². The minimum absolute atomic E-state index is 0.315. The van der Waals surface area contributed by atoms with E-state index in [2.05, 4.69) is 28.6 Å². The van der Waals surface area contributed by atoms with Crippen LogP contribution in [-0.4, -0.2) is 16.1 Å². The van der Waals surface area contributed by atoms with Crippen LogP contribution in [0, 0.1) is 0 Å². The lowest BCUT2D eigenvalue weighted by Crippen LogP contribution is -2.37. The zero-order chi connectivity index (χ0) is 12.1.